The fourth-order valence-corrected chi connectivity index (χ4v) is 193. The lowest BCUT2D eigenvalue weighted by atomic mass is 11.8. The molecular formula is C69H210O34Si35. The summed E-state index contributed by atoms with van der Waals surface area (Å²) >= 11 is 0. The highest BCUT2D eigenvalue weighted by Gasteiger charge is 2.59. The van der Waals surface area contributed by atoms with Crippen molar-refractivity contribution in [2.45, 2.75) is 452 Å². The summed E-state index contributed by atoms with van der Waals surface area (Å²) in [6.07, 6.45) is 0. The van der Waals surface area contributed by atoms with E-state index in [0.717, 1.165) is 0 Å². The van der Waals surface area contributed by atoms with Crippen LogP contribution < -0.4 is 0 Å². The van der Waals surface area contributed by atoms with Crippen LogP contribution in [0.4, 0.5) is 0 Å². The topological polar surface area (TPSA) is 314 Å². The van der Waals surface area contributed by atoms with Crippen molar-refractivity contribution >= 4 is 301 Å². The predicted molar refractivity (Wildman–Crippen MR) is 647 cm³/mol. The van der Waals surface area contributed by atoms with Gasteiger partial charge in [0.15, 0.2) is 16.6 Å². The first-order chi connectivity index (χ1) is 59.1. The lowest BCUT2D eigenvalue weighted by molar-refractivity contribution is 0.242. The minimum atomic E-state index is -2.96. The Labute approximate surface area is 884 Å². The van der Waals surface area contributed by atoms with Crippen LogP contribution in [0.25, 0.3) is 0 Å². The molecule has 0 rings (SSSR count). The van der Waals surface area contributed by atoms with Gasteiger partial charge in [-0.25, -0.2) is 0 Å². The number of hydrogen-bond acceptors (Lipinski definition) is 34. The molecule has 0 N–H and O–H groups in total. The third-order valence-corrected chi connectivity index (χ3v) is 149. The highest BCUT2D eigenvalue weighted by atomic mass is 28.6. The fourth-order valence-electron chi connectivity index (χ4n) is 20.1. The highest BCUT2D eigenvalue weighted by Crippen LogP contribution is 2.39. The molecule has 0 spiro atoms. The molecule has 0 aliphatic carbocycles. The summed E-state index contributed by atoms with van der Waals surface area (Å²) in [5.74, 6) is 0. The summed E-state index contributed by atoms with van der Waals surface area (Å²) < 4.78 is 234. The molecule has 0 saturated carbocycles. The van der Waals surface area contributed by atoms with Crippen LogP contribution in [-0.4, -0.2) is 301 Å². The van der Waals surface area contributed by atoms with Crippen LogP contribution in [0.1, 0.15) is 0 Å². The van der Waals surface area contributed by atoms with E-state index in [1.165, 1.54) is 0 Å². The molecule has 3 unspecified atom stereocenters. The summed E-state index contributed by atoms with van der Waals surface area (Å²) in [4.78, 5) is 0. The van der Waals surface area contributed by atoms with Gasteiger partial charge < -0.3 is 140 Å². The first-order valence-corrected chi connectivity index (χ1v) is 146. The van der Waals surface area contributed by atoms with Gasteiger partial charge in [-0.3, -0.25) is 0 Å². The van der Waals surface area contributed by atoms with E-state index in [-0.39, 0.29) is 0 Å². The zero-order chi connectivity index (χ0) is 111. The van der Waals surface area contributed by atoms with Crippen molar-refractivity contribution in [1.29, 1.82) is 0 Å². The molecule has 0 saturated heterocycles. The zero-order valence-corrected chi connectivity index (χ0v) is 136. The lowest BCUT2D eigenvalue weighted by Gasteiger charge is -2.45. The summed E-state index contributed by atoms with van der Waals surface area (Å²) in [6.45, 7) is 143. The minimum absolute atomic E-state index is 1.70. The van der Waals surface area contributed by atoms with Gasteiger partial charge in [0.2, 0.25) is 0 Å². The van der Waals surface area contributed by atoms with Crippen molar-refractivity contribution in [1.82, 2.24) is 0 Å². The van der Waals surface area contributed by atoms with Crippen molar-refractivity contribution in [3.05, 3.63) is 0 Å². The molecule has 0 radical (unpaired) electrons. The van der Waals surface area contributed by atoms with Gasteiger partial charge in [0.1, 0.15) is 0 Å². The standard InChI is InChI=1S/C69H210O34Si35/c1-104(70-105(2)72-107(4,5)6)71-106(3)73-109(10,11)75-111(14,15)77-113(18,19)79-115(22,23)81-117(26,27)83-119(30,31)85-121(34,35)87-123(38,39)89-125(42,43)91-127(46,47)93-129(50,51)95-131(54,55)97-133(58,59)99-135(62,63)101-137(66,67)103-138(68,69)102-136(64,65)100-134(60,61)98-132(56,57)96-130(52,53)94-128(48,49)92-126(44,45)90-124(40,41)88-122(36,37)86-120(32,33)84-118(28,29)82-116(24,25)80-114(20,21)78-112(16,17)76-110(12,13)74-108(7,8)9/h104-106H,1-69H3. The maximum Gasteiger partial charge on any atom is 0.314 e. The summed E-state index contributed by atoms with van der Waals surface area (Å²) in [5, 5.41) is 0. The predicted octanol–water partition coefficient (Wildman–Crippen LogP) is 23.8. The third-order valence-electron chi connectivity index (χ3n) is 16.5. The Morgan fingerprint density at radius 3 is 0.254 bits per heavy atom. The average molecular weight is 2570 g/mol. The van der Waals surface area contributed by atoms with E-state index in [4.69, 9.17) is 140 Å². The second-order valence-electron chi connectivity index (χ2n) is 51.5. The van der Waals surface area contributed by atoms with Gasteiger partial charge >= 0.3 is 257 Å². The SMILES string of the molecule is C[SiH](O[SiH](C)O[Si](C)(C)C)O[SiH](C)O[Si](C)(C)O[Si](C)(C)O[Si](C)(C)O[Si](C)(C)O[Si](C)(C)O[Si](C)(C)O[Si](C)(C)O[Si](C)(C)O[Si](C)(C)O[Si](C)(C)O[Si](C)(C)O[Si](C)(C)O[Si](C)(C)O[Si](C)(C)O[Si](C)(C)O[Si](C)(C)O[Si](C)(C)O[Si](C)(C)O[Si](C)(C)O[Si](C)(C)O[Si](C)(C)O[Si](C)(C)O[Si](C)(C)O[Si](C)(C)O[Si](C)(C)O[Si](C)(C)O[Si](C)(C)O[Si](C)(C)O[Si](C)(C)O[Si](C)(C)O[Si](C)(C)C. The van der Waals surface area contributed by atoms with E-state index in [1.807, 2.05) is 13.1 Å². The molecule has 34 nitrogen and oxygen atoms in total. The summed E-state index contributed by atoms with van der Waals surface area (Å²) in [5.41, 5.74) is 0. The van der Waals surface area contributed by atoms with Gasteiger partial charge in [-0.15, -0.1) is 0 Å². The molecular weight excluding hydrogens is 2360 g/mol. The van der Waals surface area contributed by atoms with Gasteiger partial charge in [0.05, 0.1) is 0 Å². The van der Waals surface area contributed by atoms with Gasteiger partial charge in [-0.05, 0) is 452 Å². The van der Waals surface area contributed by atoms with E-state index in [9.17, 15) is 0 Å². The Morgan fingerprint density at radius 2 is 0.167 bits per heavy atom. The summed E-state index contributed by atoms with van der Waals surface area (Å²) in [6, 6.07) is 0. The minimum Gasteiger partial charge on any atom is -0.439 e. The first-order valence-electron chi connectivity index (χ1n) is 48.8. The molecule has 0 bridgehead atoms. The Morgan fingerprint density at radius 1 is 0.0870 bits per heavy atom. The van der Waals surface area contributed by atoms with Crippen LogP contribution in [0, 0.1) is 0 Å². The van der Waals surface area contributed by atoms with Gasteiger partial charge in [-0.1, -0.05) is 0 Å². The Balaban J connectivity index is 5.97. The molecule has 830 valence electrons. The van der Waals surface area contributed by atoms with Crippen LogP contribution in [0.3, 0.4) is 0 Å². The molecule has 0 amide bonds. The van der Waals surface area contributed by atoms with E-state index in [0.29, 0.717) is 0 Å². The van der Waals surface area contributed by atoms with Crippen molar-refractivity contribution in [3.63, 3.8) is 0 Å². The first kappa shape index (κ1) is 144. The third kappa shape index (κ3) is 68.0. The molecule has 0 aromatic heterocycles. The molecule has 3 atom stereocenters. The molecule has 138 heavy (non-hydrogen) atoms. The largest absolute Gasteiger partial charge is 0.439 e. The van der Waals surface area contributed by atoms with E-state index in [1.54, 1.807) is 0 Å². The van der Waals surface area contributed by atoms with Crippen molar-refractivity contribution in [2.24, 2.45) is 0 Å². The van der Waals surface area contributed by atoms with Gasteiger partial charge in [0, 0.05) is 0 Å². The van der Waals surface area contributed by atoms with E-state index >= 15 is 0 Å². The Hall–Kier alpha value is 6.23. The van der Waals surface area contributed by atoms with E-state index in [2.05, 4.69) is 439 Å². The maximum absolute atomic E-state index is 7.05. The smallest absolute Gasteiger partial charge is 0.314 e. The number of rotatable bonds is 68. The summed E-state index contributed by atoms with van der Waals surface area (Å²) in [7, 11) is -95.5. The number of hydrogen-bond donors (Lipinski definition) is 0. The monoisotopic (exact) mass is 2560 g/mol. The molecule has 0 fully saturated rings. The maximum atomic E-state index is 7.05. The van der Waals surface area contributed by atoms with Gasteiger partial charge in [0.25, 0.3) is 27.9 Å². The Bertz CT molecular complexity index is 3600. The second-order valence-corrected chi connectivity index (χ2v) is 176. The average Bonchev–Trinajstić information content (AvgIpc) is 0.801. The zero-order valence-electron chi connectivity index (χ0n) is 101. The lowest BCUT2D eigenvalue weighted by Crippen LogP contribution is -2.63. The van der Waals surface area contributed by atoms with Crippen LogP contribution >= 0.6 is 0 Å². The Kier molecular flexibility index (Phi) is 52.0. The van der Waals surface area contributed by atoms with Crippen molar-refractivity contribution in [3.8, 4) is 0 Å². The molecule has 0 aliphatic rings. The molecule has 69 heteroatoms. The van der Waals surface area contributed by atoms with Crippen LogP contribution in [-0.2, 0) is 140 Å². The van der Waals surface area contributed by atoms with Crippen LogP contribution in [0.5, 0.6) is 0 Å². The van der Waals surface area contributed by atoms with E-state index < -0.39 is 301 Å². The molecule has 0 aliphatic heterocycles. The van der Waals surface area contributed by atoms with Crippen molar-refractivity contribution in [2.75, 3.05) is 0 Å². The molecule has 0 aromatic rings. The van der Waals surface area contributed by atoms with Gasteiger partial charge in [-0.2, -0.15) is 0 Å². The molecule has 0 aromatic carbocycles. The highest BCUT2D eigenvalue weighted by molar-refractivity contribution is 7.00. The van der Waals surface area contributed by atoms with Crippen molar-refractivity contribution < 1.29 is 140 Å². The van der Waals surface area contributed by atoms with Crippen LogP contribution in [0.2, 0.25) is 452 Å². The molecule has 0 heterocycles. The van der Waals surface area contributed by atoms with Crippen LogP contribution in [0.15, 0.2) is 0 Å². The second kappa shape index (κ2) is 49.8. The quantitative estimate of drug-likeness (QED) is 0.0511. The normalized spacial score (nSPS) is 16.8. The fraction of sp³-hybridized carbons (Fsp3) is 1.00.